The molecule has 0 bridgehead atoms. The van der Waals surface area contributed by atoms with Gasteiger partial charge >= 0.3 is 0 Å². The minimum absolute atomic E-state index is 0. The molecule has 0 unspecified atom stereocenters. The largest absolute Gasteiger partial charge is 0.336 e. The van der Waals surface area contributed by atoms with Gasteiger partial charge < -0.3 is 10.6 Å². The average molecular weight is 339 g/mol. The Morgan fingerprint density at radius 2 is 1.91 bits per heavy atom. The van der Waals surface area contributed by atoms with Crippen molar-refractivity contribution >= 4 is 29.7 Å². The number of carbonyl (C=O) groups excluding carboxylic acids is 1. The molecule has 0 radical (unpaired) electrons. The van der Waals surface area contributed by atoms with Crippen LogP contribution < -0.4 is 5.73 Å². The highest BCUT2D eigenvalue weighted by molar-refractivity contribution is 7.12. The highest BCUT2D eigenvalue weighted by atomic mass is 35.5. The molecular weight excluding hydrogens is 316 g/mol. The van der Waals surface area contributed by atoms with Gasteiger partial charge in [-0.2, -0.15) is 0 Å². The number of amides is 1. The molecule has 0 aliphatic heterocycles. The third kappa shape index (κ3) is 4.83. The van der Waals surface area contributed by atoms with Gasteiger partial charge in [-0.25, -0.2) is 0 Å². The summed E-state index contributed by atoms with van der Waals surface area (Å²) in [4.78, 5) is 15.4. The Kier molecular flexibility index (Phi) is 8.17. The number of halogens is 1. The normalized spacial score (nSPS) is 10.1. The molecule has 1 amide bonds. The molecule has 0 atom stereocenters. The van der Waals surface area contributed by atoms with Crippen molar-refractivity contribution in [1.82, 2.24) is 4.90 Å². The lowest BCUT2D eigenvalue weighted by Gasteiger charge is -2.22. The number of hydrogen-bond acceptors (Lipinski definition) is 3. The van der Waals surface area contributed by atoms with E-state index in [-0.39, 0.29) is 18.3 Å². The van der Waals surface area contributed by atoms with Crippen molar-refractivity contribution in [1.29, 1.82) is 0 Å². The monoisotopic (exact) mass is 338 g/mol. The third-order valence-electron chi connectivity index (χ3n) is 3.52. The molecule has 1 aromatic heterocycles. The minimum atomic E-state index is 0. The van der Waals surface area contributed by atoms with Crippen LogP contribution in [0.2, 0.25) is 0 Å². The first-order valence-electron chi connectivity index (χ1n) is 7.36. The molecule has 1 aromatic carbocycles. The van der Waals surface area contributed by atoms with Gasteiger partial charge in [0, 0.05) is 19.6 Å². The van der Waals surface area contributed by atoms with E-state index in [2.05, 4.69) is 19.1 Å². The van der Waals surface area contributed by atoms with Gasteiger partial charge in [0.1, 0.15) is 0 Å². The standard InChI is InChI=1S/C17H22N2OS.ClH/c1-2-15-9-13-21-16(15)17(20)19(12-10-18)11-8-14-6-4-3-5-7-14;/h3-7,9,13H,2,8,10-12,18H2,1H3;1H. The molecule has 0 saturated carbocycles. The van der Waals surface area contributed by atoms with E-state index in [9.17, 15) is 4.79 Å². The molecule has 2 rings (SSSR count). The van der Waals surface area contributed by atoms with Gasteiger partial charge in [-0.15, -0.1) is 23.7 Å². The second-order valence-electron chi connectivity index (χ2n) is 4.94. The summed E-state index contributed by atoms with van der Waals surface area (Å²) in [6.45, 7) is 3.89. The van der Waals surface area contributed by atoms with Crippen LogP contribution in [0.3, 0.4) is 0 Å². The van der Waals surface area contributed by atoms with E-state index < -0.39 is 0 Å². The van der Waals surface area contributed by atoms with E-state index in [1.165, 1.54) is 16.9 Å². The molecule has 0 saturated heterocycles. The molecule has 3 nitrogen and oxygen atoms in total. The number of aryl methyl sites for hydroxylation is 1. The molecule has 0 aliphatic carbocycles. The van der Waals surface area contributed by atoms with E-state index in [1.807, 2.05) is 34.5 Å². The van der Waals surface area contributed by atoms with Crippen molar-refractivity contribution < 1.29 is 4.79 Å². The van der Waals surface area contributed by atoms with Crippen molar-refractivity contribution in [2.75, 3.05) is 19.6 Å². The summed E-state index contributed by atoms with van der Waals surface area (Å²) in [6, 6.07) is 12.3. The fourth-order valence-electron chi connectivity index (χ4n) is 2.32. The van der Waals surface area contributed by atoms with Crippen LogP contribution in [0, 0.1) is 0 Å². The van der Waals surface area contributed by atoms with Crippen LogP contribution >= 0.6 is 23.7 Å². The van der Waals surface area contributed by atoms with E-state index in [4.69, 9.17) is 5.73 Å². The van der Waals surface area contributed by atoms with Gasteiger partial charge in [-0.05, 0) is 35.4 Å². The molecule has 22 heavy (non-hydrogen) atoms. The topological polar surface area (TPSA) is 46.3 Å². The lowest BCUT2D eigenvalue weighted by Crippen LogP contribution is -2.36. The molecule has 2 aromatic rings. The Bertz CT molecular complexity index is 571. The quantitative estimate of drug-likeness (QED) is 0.841. The number of nitrogens with two attached hydrogens (primary N) is 1. The second kappa shape index (κ2) is 9.62. The van der Waals surface area contributed by atoms with E-state index in [1.54, 1.807) is 0 Å². The Labute approximate surface area is 142 Å². The Hall–Kier alpha value is -1.36. The van der Waals surface area contributed by atoms with Crippen LogP contribution in [-0.4, -0.2) is 30.4 Å². The summed E-state index contributed by atoms with van der Waals surface area (Å²) >= 11 is 1.53. The smallest absolute Gasteiger partial charge is 0.264 e. The van der Waals surface area contributed by atoms with Gasteiger partial charge in [-0.3, -0.25) is 4.79 Å². The minimum Gasteiger partial charge on any atom is -0.336 e. The van der Waals surface area contributed by atoms with Crippen molar-refractivity contribution in [3.05, 3.63) is 57.8 Å². The average Bonchev–Trinajstić information content (AvgIpc) is 3.00. The lowest BCUT2D eigenvalue weighted by molar-refractivity contribution is 0.0766. The van der Waals surface area contributed by atoms with E-state index >= 15 is 0 Å². The summed E-state index contributed by atoms with van der Waals surface area (Å²) < 4.78 is 0. The van der Waals surface area contributed by atoms with Crippen molar-refractivity contribution in [2.24, 2.45) is 5.73 Å². The van der Waals surface area contributed by atoms with E-state index in [0.717, 1.165) is 23.3 Å². The third-order valence-corrected chi connectivity index (χ3v) is 4.47. The maximum Gasteiger partial charge on any atom is 0.264 e. The maximum absolute atomic E-state index is 12.7. The molecule has 0 aliphatic rings. The van der Waals surface area contributed by atoms with Crippen LogP contribution in [0.1, 0.15) is 27.7 Å². The maximum atomic E-state index is 12.7. The fraction of sp³-hybridized carbons (Fsp3) is 0.353. The van der Waals surface area contributed by atoms with Gasteiger partial charge in [0.25, 0.3) is 5.91 Å². The molecular formula is C17H23ClN2OS. The molecule has 120 valence electrons. The predicted octanol–water partition coefficient (Wildman–Crippen LogP) is 3.38. The number of thiophene rings is 1. The van der Waals surface area contributed by atoms with Crippen LogP contribution in [0.15, 0.2) is 41.8 Å². The molecule has 0 spiro atoms. The van der Waals surface area contributed by atoms with Gasteiger partial charge in [0.15, 0.2) is 0 Å². The Morgan fingerprint density at radius 3 is 2.55 bits per heavy atom. The van der Waals surface area contributed by atoms with Crippen LogP contribution in [0.25, 0.3) is 0 Å². The first-order chi connectivity index (χ1) is 10.3. The number of carbonyl (C=O) groups is 1. The highest BCUT2D eigenvalue weighted by Gasteiger charge is 2.18. The van der Waals surface area contributed by atoms with Crippen molar-refractivity contribution in [2.45, 2.75) is 19.8 Å². The zero-order chi connectivity index (χ0) is 15.1. The molecule has 1 heterocycles. The fourth-order valence-corrected chi connectivity index (χ4v) is 3.29. The predicted molar refractivity (Wildman–Crippen MR) is 96.0 cm³/mol. The molecule has 2 N–H and O–H groups in total. The zero-order valence-electron chi connectivity index (χ0n) is 12.8. The van der Waals surface area contributed by atoms with Crippen molar-refractivity contribution in [3.8, 4) is 0 Å². The Morgan fingerprint density at radius 1 is 1.18 bits per heavy atom. The summed E-state index contributed by atoms with van der Waals surface area (Å²) in [7, 11) is 0. The molecule has 0 fully saturated rings. The molecule has 5 heteroatoms. The van der Waals surface area contributed by atoms with Crippen LogP contribution in [0.4, 0.5) is 0 Å². The number of hydrogen-bond donors (Lipinski definition) is 1. The summed E-state index contributed by atoms with van der Waals surface area (Å²) in [6.07, 6.45) is 1.75. The lowest BCUT2D eigenvalue weighted by atomic mass is 10.1. The first-order valence-corrected chi connectivity index (χ1v) is 8.23. The van der Waals surface area contributed by atoms with Crippen LogP contribution in [0.5, 0.6) is 0 Å². The summed E-state index contributed by atoms with van der Waals surface area (Å²) in [5, 5.41) is 1.99. The number of rotatable bonds is 7. The van der Waals surface area contributed by atoms with Crippen molar-refractivity contribution in [3.63, 3.8) is 0 Å². The SMILES string of the molecule is CCc1ccsc1C(=O)N(CCN)CCc1ccccc1.Cl. The van der Waals surface area contributed by atoms with Crippen LogP contribution in [-0.2, 0) is 12.8 Å². The van der Waals surface area contributed by atoms with Gasteiger partial charge in [-0.1, -0.05) is 37.3 Å². The summed E-state index contributed by atoms with van der Waals surface area (Å²) in [5.41, 5.74) is 8.05. The zero-order valence-corrected chi connectivity index (χ0v) is 14.5. The first kappa shape index (κ1) is 18.7. The summed E-state index contributed by atoms with van der Waals surface area (Å²) in [5.74, 6) is 0.114. The highest BCUT2D eigenvalue weighted by Crippen LogP contribution is 2.19. The number of benzene rings is 1. The Balaban J connectivity index is 0.00000242. The van der Waals surface area contributed by atoms with Gasteiger partial charge in [0.2, 0.25) is 0 Å². The second-order valence-corrected chi connectivity index (χ2v) is 5.86. The van der Waals surface area contributed by atoms with E-state index in [0.29, 0.717) is 19.6 Å². The number of nitrogens with zero attached hydrogens (tertiary/aromatic N) is 1. The van der Waals surface area contributed by atoms with Gasteiger partial charge in [0.05, 0.1) is 4.88 Å².